The molecule has 0 aliphatic carbocycles. The molecule has 0 saturated heterocycles. The standard InChI is InChI=1S/C26H30ClN5O3S/c1-6-12-32-24(23(16(2)3)29-25(34)18-9-7-8-17(4)13-18)30-31-26(32)36-15-22(33)28-20-14-19(27)10-11-21(20)35-5/h6-11,13-14,16,23H,1,12,15H2,2-5H3,(H,28,33)(H,29,34)/t23-/m0/s1. The van der Waals surface area contributed by atoms with E-state index in [9.17, 15) is 9.59 Å². The van der Waals surface area contributed by atoms with Crippen molar-refractivity contribution in [2.75, 3.05) is 18.2 Å². The summed E-state index contributed by atoms with van der Waals surface area (Å²) in [5.41, 5.74) is 2.08. The minimum atomic E-state index is -0.385. The molecule has 0 fully saturated rings. The van der Waals surface area contributed by atoms with Crippen molar-refractivity contribution in [3.05, 3.63) is 77.1 Å². The normalized spacial score (nSPS) is 11.7. The van der Waals surface area contributed by atoms with E-state index in [1.807, 2.05) is 43.5 Å². The monoisotopic (exact) mass is 527 g/mol. The maximum absolute atomic E-state index is 13.0. The zero-order valence-corrected chi connectivity index (χ0v) is 22.3. The molecule has 0 radical (unpaired) electrons. The van der Waals surface area contributed by atoms with Crippen LogP contribution in [0.15, 0.2) is 60.3 Å². The summed E-state index contributed by atoms with van der Waals surface area (Å²) in [4.78, 5) is 25.6. The van der Waals surface area contributed by atoms with Crippen LogP contribution in [0.3, 0.4) is 0 Å². The topological polar surface area (TPSA) is 98.1 Å². The Balaban J connectivity index is 1.76. The quantitative estimate of drug-likeness (QED) is 0.259. The average Bonchev–Trinajstić information content (AvgIpc) is 3.23. The Morgan fingerprint density at radius 2 is 2.00 bits per heavy atom. The van der Waals surface area contributed by atoms with Crippen molar-refractivity contribution in [1.82, 2.24) is 20.1 Å². The minimum Gasteiger partial charge on any atom is -0.495 e. The van der Waals surface area contributed by atoms with Gasteiger partial charge in [0.2, 0.25) is 5.91 Å². The van der Waals surface area contributed by atoms with E-state index >= 15 is 0 Å². The fourth-order valence-corrected chi connectivity index (χ4v) is 4.50. The summed E-state index contributed by atoms with van der Waals surface area (Å²) in [6, 6.07) is 12.0. The lowest BCUT2D eigenvalue weighted by Crippen LogP contribution is -2.34. The van der Waals surface area contributed by atoms with Crippen LogP contribution in [0.25, 0.3) is 0 Å². The zero-order chi connectivity index (χ0) is 26.2. The van der Waals surface area contributed by atoms with Crippen LogP contribution in [0.2, 0.25) is 5.02 Å². The van der Waals surface area contributed by atoms with Crippen LogP contribution in [-0.4, -0.2) is 39.4 Å². The molecular formula is C26H30ClN5O3S. The molecule has 190 valence electrons. The lowest BCUT2D eigenvalue weighted by Gasteiger charge is -2.22. The van der Waals surface area contributed by atoms with Crippen LogP contribution < -0.4 is 15.4 Å². The fraction of sp³-hybridized carbons (Fsp3) is 0.308. The van der Waals surface area contributed by atoms with Gasteiger partial charge in [-0.15, -0.1) is 16.8 Å². The predicted octanol–water partition coefficient (Wildman–Crippen LogP) is 5.29. The second-order valence-electron chi connectivity index (χ2n) is 8.49. The van der Waals surface area contributed by atoms with E-state index in [2.05, 4.69) is 27.4 Å². The molecule has 1 atom stereocenters. The summed E-state index contributed by atoms with van der Waals surface area (Å²) in [6.45, 7) is 10.2. The molecule has 0 spiro atoms. The van der Waals surface area contributed by atoms with Gasteiger partial charge in [0.15, 0.2) is 11.0 Å². The number of rotatable bonds is 11. The predicted molar refractivity (Wildman–Crippen MR) is 144 cm³/mol. The lowest BCUT2D eigenvalue weighted by molar-refractivity contribution is -0.113. The average molecular weight is 528 g/mol. The SMILES string of the molecule is C=CCn1c(SCC(=O)Nc2cc(Cl)ccc2OC)nnc1[C@@H](NC(=O)c1cccc(C)c1)C(C)C. The van der Waals surface area contributed by atoms with Crippen molar-refractivity contribution in [3.8, 4) is 5.75 Å². The molecule has 36 heavy (non-hydrogen) atoms. The number of aryl methyl sites for hydroxylation is 1. The van der Waals surface area contributed by atoms with Crippen molar-refractivity contribution in [3.63, 3.8) is 0 Å². The molecular weight excluding hydrogens is 498 g/mol. The Morgan fingerprint density at radius 3 is 2.67 bits per heavy atom. The number of nitrogens with one attached hydrogen (secondary N) is 2. The number of amides is 2. The molecule has 0 saturated carbocycles. The molecule has 3 rings (SSSR count). The van der Waals surface area contributed by atoms with E-state index in [4.69, 9.17) is 16.3 Å². The molecule has 8 nitrogen and oxygen atoms in total. The Bertz CT molecular complexity index is 1240. The third-order valence-electron chi connectivity index (χ3n) is 5.34. The molecule has 1 aromatic heterocycles. The van der Waals surface area contributed by atoms with Crippen LogP contribution >= 0.6 is 23.4 Å². The van der Waals surface area contributed by atoms with Gasteiger partial charge in [-0.25, -0.2) is 0 Å². The molecule has 0 aliphatic rings. The number of ether oxygens (including phenoxy) is 1. The van der Waals surface area contributed by atoms with Crippen LogP contribution in [0.4, 0.5) is 5.69 Å². The Morgan fingerprint density at radius 1 is 1.22 bits per heavy atom. The highest BCUT2D eigenvalue weighted by Gasteiger charge is 2.26. The van der Waals surface area contributed by atoms with Gasteiger partial charge in [0.05, 0.1) is 24.6 Å². The highest BCUT2D eigenvalue weighted by Crippen LogP contribution is 2.29. The number of allylic oxidation sites excluding steroid dienone is 1. The van der Waals surface area contributed by atoms with Gasteiger partial charge in [-0.05, 0) is 43.2 Å². The number of carbonyl (C=O) groups is 2. The van der Waals surface area contributed by atoms with Gasteiger partial charge in [-0.3, -0.25) is 9.59 Å². The van der Waals surface area contributed by atoms with Crippen molar-refractivity contribution in [2.45, 2.75) is 38.5 Å². The first kappa shape index (κ1) is 27.3. The molecule has 10 heteroatoms. The number of nitrogens with zero attached hydrogens (tertiary/aromatic N) is 3. The van der Waals surface area contributed by atoms with E-state index in [0.29, 0.717) is 39.5 Å². The number of aromatic nitrogens is 3. The maximum atomic E-state index is 13.0. The number of hydrogen-bond donors (Lipinski definition) is 2. The maximum Gasteiger partial charge on any atom is 0.251 e. The van der Waals surface area contributed by atoms with Crippen LogP contribution in [0, 0.1) is 12.8 Å². The highest BCUT2D eigenvalue weighted by molar-refractivity contribution is 7.99. The van der Waals surface area contributed by atoms with E-state index < -0.39 is 0 Å². The largest absolute Gasteiger partial charge is 0.495 e. The molecule has 3 aromatic rings. The summed E-state index contributed by atoms with van der Waals surface area (Å²) in [5.74, 6) is 0.817. The Hall–Kier alpha value is -3.30. The number of benzene rings is 2. The van der Waals surface area contributed by atoms with Gasteiger partial charge < -0.3 is 19.9 Å². The highest BCUT2D eigenvalue weighted by atomic mass is 35.5. The number of carbonyl (C=O) groups excluding carboxylic acids is 2. The number of halogens is 1. The van der Waals surface area contributed by atoms with Crippen LogP contribution in [-0.2, 0) is 11.3 Å². The number of methoxy groups -OCH3 is 1. The van der Waals surface area contributed by atoms with Crippen molar-refractivity contribution >= 4 is 40.9 Å². The summed E-state index contributed by atoms with van der Waals surface area (Å²) in [6.07, 6.45) is 1.73. The van der Waals surface area contributed by atoms with Crippen molar-refractivity contribution in [1.29, 1.82) is 0 Å². The Kier molecular flexibility index (Phi) is 9.55. The number of anilines is 1. The second kappa shape index (κ2) is 12.6. The first-order valence-electron chi connectivity index (χ1n) is 11.4. The Labute approximate surface area is 220 Å². The van der Waals surface area contributed by atoms with E-state index in [0.717, 1.165) is 5.56 Å². The number of thioether (sulfide) groups is 1. The van der Waals surface area contributed by atoms with Gasteiger partial charge in [-0.2, -0.15) is 0 Å². The van der Waals surface area contributed by atoms with Gasteiger partial charge in [0, 0.05) is 17.1 Å². The lowest BCUT2D eigenvalue weighted by atomic mass is 10.0. The van der Waals surface area contributed by atoms with E-state index in [-0.39, 0.29) is 29.5 Å². The molecule has 2 N–H and O–H groups in total. The molecule has 2 aromatic carbocycles. The first-order chi connectivity index (χ1) is 17.2. The fourth-order valence-electron chi connectivity index (χ4n) is 3.57. The van der Waals surface area contributed by atoms with Gasteiger partial charge in [0.25, 0.3) is 5.91 Å². The van der Waals surface area contributed by atoms with Crippen molar-refractivity contribution < 1.29 is 14.3 Å². The summed E-state index contributed by atoms with van der Waals surface area (Å²) in [5, 5.41) is 15.6. The smallest absolute Gasteiger partial charge is 0.251 e. The van der Waals surface area contributed by atoms with Crippen LogP contribution in [0.1, 0.15) is 41.6 Å². The molecule has 2 amide bonds. The third kappa shape index (κ3) is 6.89. The van der Waals surface area contributed by atoms with Gasteiger partial charge in [-0.1, -0.05) is 61.0 Å². The van der Waals surface area contributed by atoms with Gasteiger partial charge >= 0.3 is 0 Å². The first-order valence-corrected chi connectivity index (χ1v) is 12.8. The molecule has 0 aliphatic heterocycles. The summed E-state index contributed by atoms with van der Waals surface area (Å²) < 4.78 is 7.15. The van der Waals surface area contributed by atoms with Gasteiger partial charge in [0.1, 0.15) is 5.75 Å². The number of hydrogen-bond acceptors (Lipinski definition) is 6. The third-order valence-corrected chi connectivity index (χ3v) is 6.54. The molecule has 1 heterocycles. The van der Waals surface area contributed by atoms with E-state index in [1.165, 1.54) is 18.9 Å². The molecule has 0 bridgehead atoms. The second-order valence-corrected chi connectivity index (χ2v) is 9.87. The molecule has 0 unspecified atom stereocenters. The van der Waals surface area contributed by atoms with E-state index in [1.54, 1.807) is 30.3 Å². The van der Waals surface area contributed by atoms with Crippen molar-refractivity contribution in [2.24, 2.45) is 5.92 Å². The zero-order valence-electron chi connectivity index (χ0n) is 20.7. The van der Waals surface area contributed by atoms with Crippen LogP contribution in [0.5, 0.6) is 5.75 Å². The summed E-state index contributed by atoms with van der Waals surface area (Å²) in [7, 11) is 1.52. The minimum absolute atomic E-state index is 0.0444. The summed E-state index contributed by atoms with van der Waals surface area (Å²) >= 11 is 7.30.